The van der Waals surface area contributed by atoms with Crippen LogP contribution < -0.4 is 10.7 Å². The molecule has 0 atom stereocenters. The average Bonchev–Trinajstić information content (AvgIpc) is 2.53. The molecule has 0 spiro atoms. The van der Waals surface area contributed by atoms with E-state index in [1.165, 1.54) is 0 Å². The van der Waals surface area contributed by atoms with Gasteiger partial charge in [-0.05, 0) is 37.3 Å². The normalized spacial score (nSPS) is 11.0. The minimum absolute atomic E-state index is 0.0770. The van der Waals surface area contributed by atoms with E-state index < -0.39 is 0 Å². The Morgan fingerprint density at radius 1 is 1.26 bits per heavy atom. The van der Waals surface area contributed by atoms with Crippen LogP contribution in [0.5, 0.6) is 0 Å². The number of pyridine rings is 1. The summed E-state index contributed by atoms with van der Waals surface area (Å²) in [6, 6.07) is 10.4. The first-order chi connectivity index (χ1) is 11.0. The molecule has 23 heavy (non-hydrogen) atoms. The molecule has 118 valence electrons. The molecule has 0 fully saturated rings. The summed E-state index contributed by atoms with van der Waals surface area (Å²) in [5.74, 6) is -0.561. The second kappa shape index (κ2) is 8.19. The van der Waals surface area contributed by atoms with E-state index in [9.17, 15) is 9.59 Å². The van der Waals surface area contributed by atoms with Gasteiger partial charge < -0.3 is 5.32 Å². The molecule has 2 aromatic rings. The van der Waals surface area contributed by atoms with Crippen LogP contribution in [0.25, 0.3) is 0 Å². The molecule has 1 aromatic heterocycles. The lowest BCUT2D eigenvalue weighted by molar-refractivity contribution is -0.115. The number of carbonyl (C=O) groups is 2. The smallest absolute Gasteiger partial charge is 0.271 e. The number of aromatic nitrogens is 1. The van der Waals surface area contributed by atoms with Crippen LogP contribution >= 0.6 is 15.9 Å². The molecule has 6 nitrogen and oxygen atoms in total. The quantitative estimate of drug-likeness (QED) is 0.623. The molecule has 0 aliphatic carbocycles. The van der Waals surface area contributed by atoms with Gasteiger partial charge in [0.05, 0.1) is 18.3 Å². The Balaban J connectivity index is 1.87. The van der Waals surface area contributed by atoms with Gasteiger partial charge in [0.1, 0.15) is 0 Å². The maximum atomic E-state index is 11.9. The van der Waals surface area contributed by atoms with Gasteiger partial charge in [0, 0.05) is 21.9 Å². The summed E-state index contributed by atoms with van der Waals surface area (Å²) in [6.07, 6.45) is 3.26. The maximum Gasteiger partial charge on any atom is 0.271 e. The molecule has 0 saturated heterocycles. The van der Waals surface area contributed by atoms with Crippen LogP contribution in [-0.2, 0) is 4.79 Å². The van der Waals surface area contributed by atoms with Crippen molar-refractivity contribution in [1.29, 1.82) is 0 Å². The fourth-order valence-corrected chi connectivity index (χ4v) is 2.15. The molecule has 2 rings (SSSR count). The first-order valence-corrected chi connectivity index (χ1v) is 7.63. The summed E-state index contributed by atoms with van der Waals surface area (Å²) in [6.45, 7) is 1.67. The average molecular weight is 375 g/mol. The topological polar surface area (TPSA) is 83.4 Å². The number of hydrazone groups is 1. The number of anilines is 1. The van der Waals surface area contributed by atoms with Crippen LogP contribution in [0.4, 0.5) is 5.69 Å². The lowest BCUT2D eigenvalue weighted by atomic mass is 10.2. The predicted molar refractivity (Wildman–Crippen MR) is 92.2 cm³/mol. The van der Waals surface area contributed by atoms with Crippen molar-refractivity contribution in [2.75, 3.05) is 5.32 Å². The summed E-state index contributed by atoms with van der Waals surface area (Å²) in [4.78, 5) is 27.7. The zero-order valence-corrected chi connectivity index (χ0v) is 14.0. The molecule has 1 heterocycles. The molecule has 1 aromatic carbocycles. The lowest BCUT2D eigenvalue weighted by Gasteiger charge is -2.05. The van der Waals surface area contributed by atoms with Crippen molar-refractivity contribution in [1.82, 2.24) is 10.4 Å². The number of hydrogen-bond donors (Lipinski definition) is 2. The van der Waals surface area contributed by atoms with Crippen LogP contribution in [0.1, 0.15) is 23.7 Å². The lowest BCUT2D eigenvalue weighted by Crippen LogP contribution is -2.21. The number of hydrogen-bond acceptors (Lipinski definition) is 4. The Bertz CT molecular complexity index is 732. The highest BCUT2D eigenvalue weighted by molar-refractivity contribution is 9.10. The Hall–Kier alpha value is -2.54. The number of benzene rings is 1. The van der Waals surface area contributed by atoms with Crippen molar-refractivity contribution >= 4 is 39.1 Å². The van der Waals surface area contributed by atoms with Gasteiger partial charge in [-0.25, -0.2) is 5.43 Å². The molecule has 0 unspecified atom stereocenters. The van der Waals surface area contributed by atoms with Crippen molar-refractivity contribution < 1.29 is 9.59 Å². The Kier molecular flexibility index (Phi) is 5.99. The first-order valence-electron chi connectivity index (χ1n) is 6.83. The minimum atomic E-state index is -0.335. The molecule has 0 aliphatic heterocycles. The van der Waals surface area contributed by atoms with E-state index in [2.05, 4.69) is 36.8 Å². The van der Waals surface area contributed by atoms with Crippen LogP contribution in [0, 0.1) is 0 Å². The molecule has 0 saturated carbocycles. The van der Waals surface area contributed by atoms with E-state index in [0.29, 0.717) is 17.0 Å². The molecule has 0 radical (unpaired) electrons. The van der Waals surface area contributed by atoms with Crippen molar-refractivity contribution in [2.24, 2.45) is 5.10 Å². The fourth-order valence-electron chi connectivity index (χ4n) is 1.75. The molecule has 2 amide bonds. The number of nitrogens with one attached hydrogen (secondary N) is 2. The fraction of sp³-hybridized carbons (Fsp3) is 0.125. The number of carbonyl (C=O) groups excluding carboxylic acids is 2. The van der Waals surface area contributed by atoms with Crippen LogP contribution in [-0.4, -0.2) is 22.5 Å². The van der Waals surface area contributed by atoms with Crippen LogP contribution in [0.3, 0.4) is 0 Å². The minimum Gasteiger partial charge on any atom is -0.324 e. The van der Waals surface area contributed by atoms with Gasteiger partial charge in [0.15, 0.2) is 0 Å². The third-order valence-electron chi connectivity index (χ3n) is 2.80. The van der Waals surface area contributed by atoms with Gasteiger partial charge in [0.25, 0.3) is 5.91 Å². The van der Waals surface area contributed by atoms with Gasteiger partial charge in [-0.15, -0.1) is 0 Å². The molecule has 0 aliphatic rings. The molecule has 2 N–H and O–H groups in total. The van der Waals surface area contributed by atoms with E-state index in [-0.39, 0.29) is 18.2 Å². The van der Waals surface area contributed by atoms with Gasteiger partial charge in [-0.1, -0.05) is 22.0 Å². The van der Waals surface area contributed by atoms with E-state index in [1.54, 1.807) is 49.6 Å². The van der Waals surface area contributed by atoms with Crippen molar-refractivity contribution in [2.45, 2.75) is 13.3 Å². The predicted octanol–water partition coefficient (Wildman–Crippen LogP) is 2.98. The number of nitrogens with zero attached hydrogens (tertiary/aromatic N) is 2. The van der Waals surface area contributed by atoms with E-state index in [4.69, 9.17) is 0 Å². The van der Waals surface area contributed by atoms with Gasteiger partial charge in [-0.2, -0.15) is 5.10 Å². The number of halogens is 1. The van der Waals surface area contributed by atoms with Crippen LogP contribution in [0.2, 0.25) is 0 Å². The molecule has 0 bridgehead atoms. The zero-order valence-electron chi connectivity index (χ0n) is 12.4. The highest BCUT2D eigenvalue weighted by Crippen LogP contribution is 2.11. The third kappa shape index (κ3) is 5.63. The largest absolute Gasteiger partial charge is 0.324 e. The Morgan fingerprint density at radius 2 is 2.09 bits per heavy atom. The molecule has 7 heteroatoms. The standard InChI is InChI=1S/C16H15BrN4O2/c1-11(8-15(22)19-14-6-3-7-18-10-14)20-21-16(23)12-4-2-5-13(17)9-12/h2-7,9-10H,8H2,1H3,(H,19,22)(H,21,23)/b20-11+. The summed E-state index contributed by atoms with van der Waals surface area (Å²) in [5.41, 5.74) is 4.02. The van der Waals surface area contributed by atoms with Crippen LogP contribution in [0.15, 0.2) is 58.4 Å². The third-order valence-corrected chi connectivity index (χ3v) is 3.29. The maximum absolute atomic E-state index is 11.9. The first kappa shape index (κ1) is 16.8. The van der Waals surface area contributed by atoms with Crippen molar-refractivity contribution in [3.63, 3.8) is 0 Å². The Labute approximate surface area is 142 Å². The van der Waals surface area contributed by atoms with E-state index in [0.717, 1.165) is 4.47 Å². The van der Waals surface area contributed by atoms with Crippen molar-refractivity contribution in [3.8, 4) is 0 Å². The summed E-state index contributed by atoms with van der Waals surface area (Å²) < 4.78 is 0.807. The molecular weight excluding hydrogens is 360 g/mol. The highest BCUT2D eigenvalue weighted by atomic mass is 79.9. The van der Waals surface area contributed by atoms with E-state index >= 15 is 0 Å². The zero-order chi connectivity index (χ0) is 16.7. The second-order valence-electron chi connectivity index (χ2n) is 4.77. The molecular formula is C16H15BrN4O2. The number of amides is 2. The second-order valence-corrected chi connectivity index (χ2v) is 5.68. The summed E-state index contributed by atoms with van der Waals surface area (Å²) >= 11 is 3.30. The van der Waals surface area contributed by atoms with Gasteiger partial charge >= 0.3 is 0 Å². The van der Waals surface area contributed by atoms with Crippen molar-refractivity contribution in [3.05, 3.63) is 58.8 Å². The summed E-state index contributed by atoms with van der Waals surface area (Å²) in [5, 5.41) is 6.64. The SMILES string of the molecule is C/C(CC(=O)Nc1cccnc1)=N\NC(=O)c1cccc(Br)c1. The van der Waals surface area contributed by atoms with Gasteiger partial charge in [0.2, 0.25) is 5.91 Å². The number of rotatable bonds is 5. The highest BCUT2D eigenvalue weighted by Gasteiger charge is 2.07. The Morgan fingerprint density at radius 3 is 2.78 bits per heavy atom. The van der Waals surface area contributed by atoms with Gasteiger partial charge in [-0.3, -0.25) is 14.6 Å². The van der Waals surface area contributed by atoms with E-state index in [1.807, 2.05) is 6.07 Å². The summed E-state index contributed by atoms with van der Waals surface area (Å²) in [7, 11) is 0. The monoisotopic (exact) mass is 374 g/mol.